The molecule has 2 aliphatic heterocycles. The van der Waals surface area contributed by atoms with Crippen LogP contribution < -0.4 is 5.32 Å². The van der Waals surface area contributed by atoms with Crippen LogP contribution in [0.25, 0.3) is 0 Å². The number of carbonyl (C=O) groups excluding carboxylic acids is 1. The van der Waals surface area contributed by atoms with Crippen LogP contribution in [-0.2, 0) is 4.79 Å². The molecule has 1 N–H and O–H groups in total. The van der Waals surface area contributed by atoms with E-state index >= 15 is 0 Å². The van der Waals surface area contributed by atoms with E-state index in [0.717, 1.165) is 26.1 Å². The van der Waals surface area contributed by atoms with Gasteiger partial charge in [0, 0.05) is 0 Å². The average Bonchev–Trinajstić information content (AvgIpc) is 2.72. The summed E-state index contributed by atoms with van der Waals surface area (Å²) in [4.78, 5) is 14.6. The zero-order valence-electron chi connectivity index (χ0n) is 10.9. The fourth-order valence-corrected chi connectivity index (χ4v) is 2.93. The molecule has 0 aromatic heterocycles. The Morgan fingerprint density at radius 1 is 1.00 bits per heavy atom. The highest BCUT2D eigenvalue weighted by molar-refractivity contribution is 5.85. The highest BCUT2D eigenvalue weighted by Crippen LogP contribution is 2.12. The van der Waals surface area contributed by atoms with Crippen molar-refractivity contribution in [3.63, 3.8) is 0 Å². The summed E-state index contributed by atoms with van der Waals surface area (Å²) in [7, 11) is 0. The van der Waals surface area contributed by atoms with Crippen LogP contribution >= 0.6 is 0 Å². The van der Waals surface area contributed by atoms with E-state index < -0.39 is 0 Å². The third kappa shape index (κ3) is 4.40. The predicted octanol–water partition coefficient (Wildman–Crippen LogP) is 1.96. The summed E-state index contributed by atoms with van der Waals surface area (Å²) < 4.78 is 0. The van der Waals surface area contributed by atoms with E-state index in [1.165, 1.54) is 44.9 Å². The molecule has 2 heterocycles. The first-order valence-electron chi connectivity index (χ1n) is 7.35. The first kappa shape index (κ1) is 13.0. The third-order valence-electron chi connectivity index (χ3n) is 4.03. The van der Waals surface area contributed by atoms with Crippen molar-refractivity contribution >= 4 is 5.78 Å². The van der Waals surface area contributed by atoms with E-state index in [1.807, 2.05) is 0 Å². The molecule has 2 saturated heterocycles. The van der Waals surface area contributed by atoms with Gasteiger partial charge in [0.05, 0.1) is 12.6 Å². The minimum absolute atomic E-state index is 0.140. The predicted molar refractivity (Wildman–Crippen MR) is 70.2 cm³/mol. The summed E-state index contributed by atoms with van der Waals surface area (Å²) >= 11 is 0. The Balaban J connectivity index is 1.77. The van der Waals surface area contributed by atoms with Gasteiger partial charge >= 0.3 is 0 Å². The zero-order chi connectivity index (χ0) is 11.9. The molecule has 0 saturated carbocycles. The average molecular weight is 238 g/mol. The van der Waals surface area contributed by atoms with E-state index in [0.29, 0.717) is 12.3 Å². The van der Waals surface area contributed by atoms with Gasteiger partial charge in [-0.25, -0.2) is 0 Å². The summed E-state index contributed by atoms with van der Waals surface area (Å²) in [5.74, 6) is 0.425. The number of rotatable bonds is 3. The Bertz CT molecular complexity index is 226. The molecule has 2 rings (SSSR count). The maximum Gasteiger partial charge on any atom is 0.163 e. The van der Waals surface area contributed by atoms with Crippen molar-refractivity contribution in [3.8, 4) is 0 Å². The molecule has 0 radical (unpaired) electrons. The normalized spacial score (nSPS) is 28.4. The standard InChI is InChI=1S/C14H26N2O/c17-14(13-8-4-3-5-9-15-13)12-16-10-6-1-2-7-11-16/h13,15H,1-12H2. The second kappa shape index (κ2) is 7.12. The number of carbonyl (C=O) groups is 1. The second-order valence-corrected chi connectivity index (χ2v) is 5.51. The maximum atomic E-state index is 12.2. The summed E-state index contributed by atoms with van der Waals surface area (Å²) in [5.41, 5.74) is 0. The van der Waals surface area contributed by atoms with E-state index in [-0.39, 0.29) is 6.04 Å². The topological polar surface area (TPSA) is 32.3 Å². The fourth-order valence-electron chi connectivity index (χ4n) is 2.93. The molecular formula is C14H26N2O. The maximum absolute atomic E-state index is 12.2. The van der Waals surface area contributed by atoms with Crippen molar-refractivity contribution < 1.29 is 4.79 Å². The number of nitrogens with zero attached hydrogens (tertiary/aromatic N) is 1. The quantitative estimate of drug-likeness (QED) is 0.816. The molecule has 0 aliphatic carbocycles. The van der Waals surface area contributed by atoms with Crippen LogP contribution in [0.5, 0.6) is 0 Å². The number of ketones is 1. The van der Waals surface area contributed by atoms with Gasteiger partial charge in [0.1, 0.15) is 0 Å². The zero-order valence-corrected chi connectivity index (χ0v) is 10.9. The molecule has 0 spiro atoms. The smallest absolute Gasteiger partial charge is 0.163 e. The van der Waals surface area contributed by atoms with E-state index in [2.05, 4.69) is 10.2 Å². The Morgan fingerprint density at radius 2 is 1.71 bits per heavy atom. The Morgan fingerprint density at radius 3 is 2.47 bits per heavy atom. The van der Waals surface area contributed by atoms with Crippen LogP contribution in [0.4, 0.5) is 0 Å². The largest absolute Gasteiger partial charge is 0.307 e. The molecule has 1 atom stereocenters. The first-order valence-corrected chi connectivity index (χ1v) is 7.35. The fraction of sp³-hybridized carbons (Fsp3) is 0.929. The van der Waals surface area contributed by atoms with Gasteiger partial charge in [-0.2, -0.15) is 0 Å². The summed E-state index contributed by atoms with van der Waals surface area (Å²) in [6, 6.07) is 0.140. The van der Waals surface area contributed by atoms with Gasteiger partial charge in [0.15, 0.2) is 5.78 Å². The summed E-state index contributed by atoms with van der Waals surface area (Å²) in [6.45, 7) is 3.95. The Labute approximate surface area is 105 Å². The van der Waals surface area contributed by atoms with Crippen LogP contribution in [0.2, 0.25) is 0 Å². The molecule has 1 unspecified atom stereocenters. The molecule has 0 bridgehead atoms. The lowest BCUT2D eigenvalue weighted by Gasteiger charge is -2.22. The minimum atomic E-state index is 0.140. The Hall–Kier alpha value is -0.410. The number of hydrogen-bond donors (Lipinski definition) is 1. The SMILES string of the molecule is O=C(CN1CCCCCC1)C1CCCCCN1. The van der Waals surface area contributed by atoms with Crippen molar-refractivity contribution in [2.24, 2.45) is 0 Å². The van der Waals surface area contributed by atoms with Crippen molar-refractivity contribution in [3.05, 3.63) is 0 Å². The minimum Gasteiger partial charge on any atom is -0.307 e. The molecule has 0 aromatic carbocycles. The van der Waals surface area contributed by atoms with Crippen LogP contribution in [0.15, 0.2) is 0 Å². The third-order valence-corrected chi connectivity index (χ3v) is 4.03. The molecule has 2 aliphatic rings. The van der Waals surface area contributed by atoms with E-state index in [9.17, 15) is 4.79 Å². The molecule has 3 nitrogen and oxygen atoms in total. The highest BCUT2D eigenvalue weighted by atomic mass is 16.1. The van der Waals surface area contributed by atoms with E-state index in [1.54, 1.807) is 0 Å². The monoisotopic (exact) mass is 238 g/mol. The number of hydrogen-bond acceptors (Lipinski definition) is 3. The van der Waals surface area contributed by atoms with Gasteiger partial charge in [-0.1, -0.05) is 25.7 Å². The molecule has 3 heteroatoms. The lowest BCUT2D eigenvalue weighted by molar-refractivity contribution is -0.122. The number of Topliss-reactive ketones (excluding diaryl/α,β-unsaturated/α-hetero) is 1. The molecule has 0 amide bonds. The summed E-state index contributed by atoms with van der Waals surface area (Å²) in [5, 5.41) is 3.41. The van der Waals surface area contributed by atoms with Gasteiger partial charge < -0.3 is 5.32 Å². The van der Waals surface area contributed by atoms with Gasteiger partial charge in [-0.3, -0.25) is 9.69 Å². The Kier molecular flexibility index (Phi) is 5.46. The van der Waals surface area contributed by atoms with E-state index in [4.69, 9.17) is 0 Å². The van der Waals surface area contributed by atoms with Crippen molar-refractivity contribution in [2.45, 2.75) is 57.4 Å². The van der Waals surface area contributed by atoms with Gasteiger partial charge in [-0.05, 0) is 45.3 Å². The number of nitrogens with one attached hydrogen (secondary N) is 1. The van der Waals surface area contributed by atoms with Crippen LogP contribution in [0.1, 0.15) is 51.4 Å². The number of likely N-dealkylation sites (tertiary alicyclic amines) is 1. The second-order valence-electron chi connectivity index (χ2n) is 5.51. The first-order chi connectivity index (χ1) is 8.36. The summed E-state index contributed by atoms with van der Waals surface area (Å²) in [6.07, 6.45) is 9.99. The van der Waals surface area contributed by atoms with Crippen LogP contribution in [-0.4, -0.2) is 42.9 Å². The molecule has 17 heavy (non-hydrogen) atoms. The lowest BCUT2D eigenvalue weighted by Crippen LogP contribution is -2.42. The molecular weight excluding hydrogens is 212 g/mol. The van der Waals surface area contributed by atoms with Gasteiger partial charge in [0.2, 0.25) is 0 Å². The lowest BCUT2D eigenvalue weighted by atomic mass is 10.1. The van der Waals surface area contributed by atoms with Crippen LogP contribution in [0.3, 0.4) is 0 Å². The van der Waals surface area contributed by atoms with Crippen LogP contribution in [0, 0.1) is 0 Å². The molecule has 2 fully saturated rings. The van der Waals surface area contributed by atoms with Gasteiger partial charge in [-0.15, -0.1) is 0 Å². The van der Waals surface area contributed by atoms with Gasteiger partial charge in [0.25, 0.3) is 0 Å². The van der Waals surface area contributed by atoms with Crippen molar-refractivity contribution in [2.75, 3.05) is 26.2 Å². The van der Waals surface area contributed by atoms with Crippen molar-refractivity contribution in [1.29, 1.82) is 0 Å². The highest BCUT2D eigenvalue weighted by Gasteiger charge is 2.21. The van der Waals surface area contributed by atoms with Crippen molar-refractivity contribution in [1.82, 2.24) is 10.2 Å². The molecule has 98 valence electrons. The molecule has 0 aromatic rings.